The van der Waals surface area contributed by atoms with E-state index in [4.69, 9.17) is 9.15 Å². The fourth-order valence-electron chi connectivity index (χ4n) is 2.52. The SMILES string of the molecule is CCC(CC)c1nnc(NC(=O)COc2ccc3ccc(=O)oc3c2)s1. The standard InChI is InChI=1S/C18H19N3O4S/c1-3-11(4-2)17-20-21-18(26-17)19-15(22)10-24-13-7-5-12-6-8-16(23)25-14(12)9-13/h5-9,11H,3-4,10H2,1-2H3,(H,19,21,22). The fourth-order valence-corrected chi connectivity index (χ4v) is 3.55. The Morgan fingerprint density at radius 1 is 1.23 bits per heavy atom. The third-order valence-corrected chi connectivity index (χ3v) is 4.99. The first-order chi connectivity index (χ1) is 12.6. The molecule has 3 aromatic rings. The lowest BCUT2D eigenvalue weighted by atomic mass is 10.1. The first-order valence-electron chi connectivity index (χ1n) is 8.39. The molecule has 0 saturated heterocycles. The summed E-state index contributed by atoms with van der Waals surface area (Å²) in [5, 5.41) is 13.0. The number of nitrogens with zero attached hydrogens (tertiary/aromatic N) is 2. The first kappa shape index (κ1) is 18.1. The third-order valence-electron chi connectivity index (χ3n) is 3.99. The van der Waals surface area contributed by atoms with Crippen molar-refractivity contribution in [1.82, 2.24) is 10.2 Å². The normalized spacial score (nSPS) is 11.0. The van der Waals surface area contributed by atoms with Crippen molar-refractivity contribution < 1.29 is 13.9 Å². The lowest BCUT2D eigenvalue weighted by Crippen LogP contribution is -2.20. The summed E-state index contributed by atoms with van der Waals surface area (Å²) in [5.41, 5.74) is -0.0220. The van der Waals surface area contributed by atoms with Gasteiger partial charge in [0.05, 0.1) is 0 Å². The zero-order valence-corrected chi connectivity index (χ0v) is 15.3. The molecule has 0 aliphatic heterocycles. The predicted octanol–water partition coefficient (Wildman–Crippen LogP) is 3.57. The molecule has 0 aliphatic carbocycles. The molecule has 2 aromatic heterocycles. The van der Waals surface area contributed by atoms with Crippen molar-refractivity contribution >= 4 is 33.3 Å². The van der Waals surface area contributed by atoms with Crippen LogP contribution in [0.1, 0.15) is 37.6 Å². The minimum absolute atomic E-state index is 0.178. The van der Waals surface area contributed by atoms with E-state index in [1.165, 1.54) is 17.4 Å². The summed E-state index contributed by atoms with van der Waals surface area (Å²) in [6.45, 7) is 4.03. The molecule has 1 amide bonds. The Morgan fingerprint density at radius 3 is 2.77 bits per heavy atom. The van der Waals surface area contributed by atoms with Crippen molar-refractivity contribution in [3.63, 3.8) is 0 Å². The fraction of sp³-hybridized carbons (Fsp3) is 0.333. The second-order valence-electron chi connectivity index (χ2n) is 5.75. The molecule has 0 fully saturated rings. The number of carbonyl (C=O) groups is 1. The smallest absolute Gasteiger partial charge is 0.336 e. The molecule has 0 atom stereocenters. The minimum Gasteiger partial charge on any atom is -0.484 e. The second kappa shape index (κ2) is 8.09. The number of rotatable bonds is 7. The Kier molecular flexibility index (Phi) is 5.62. The number of benzene rings is 1. The molecule has 8 heteroatoms. The zero-order chi connectivity index (χ0) is 18.5. The quantitative estimate of drug-likeness (QED) is 0.636. The number of nitrogens with one attached hydrogen (secondary N) is 1. The maximum absolute atomic E-state index is 12.1. The van der Waals surface area contributed by atoms with E-state index in [1.54, 1.807) is 24.3 Å². The molecule has 1 aromatic carbocycles. The lowest BCUT2D eigenvalue weighted by Gasteiger charge is -2.07. The molecular formula is C18H19N3O4S. The second-order valence-corrected chi connectivity index (χ2v) is 6.76. The van der Waals surface area contributed by atoms with Gasteiger partial charge in [0.1, 0.15) is 16.3 Å². The highest BCUT2D eigenvalue weighted by Gasteiger charge is 2.14. The monoisotopic (exact) mass is 373 g/mol. The van der Waals surface area contributed by atoms with Gasteiger partial charge in [0, 0.05) is 23.4 Å². The molecule has 7 nitrogen and oxygen atoms in total. The van der Waals surface area contributed by atoms with Crippen molar-refractivity contribution in [3.05, 3.63) is 45.8 Å². The molecule has 0 spiro atoms. The Morgan fingerprint density at radius 2 is 2.00 bits per heavy atom. The summed E-state index contributed by atoms with van der Waals surface area (Å²) < 4.78 is 10.6. The van der Waals surface area contributed by atoms with Crippen molar-refractivity contribution in [2.45, 2.75) is 32.6 Å². The Balaban J connectivity index is 1.59. The number of amides is 1. The van der Waals surface area contributed by atoms with Crippen LogP contribution in [0.4, 0.5) is 5.13 Å². The average molecular weight is 373 g/mol. The molecule has 3 rings (SSSR count). The molecule has 0 unspecified atom stereocenters. The third kappa shape index (κ3) is 4.26. The number of carbonyl (C=O) groups excluding carboxylic acids is 1. The van der Waals surface area contributed by atoms with E-state index in [0.717, 1.165) is 23.2 Å². The van der Waals surface area contributed by atoms with Gasteiger partial charge < -0.3 is 9.15 Å². The minimum atomic E-state index is -0.433. The number of hydrogen-bond donors (Lipinski definition) is 1. The maximum atomic E-state index is 12.1. The van der Waals surface area contributed by atoms with E-state index < -0.39 is 5.63 Å². The van der Waals surface area contributed by atoms with Crippen molar-refractivity contribution in [2.75, 3.05) is 11.9 Å². The van der Waals surface area contributed by atoms with Crippen LogP contribution in [0, 0.1) is 0 Å². The van der Waals surface area contributed by atoms with Crippen LogP contribution in [0.2, 0.25) is 0 Å². The van der Waals surface area contributed by atoms with Crippen molar-refractivity contribution in [2.24, 2.45) is 0 Å². The highest BCUT2D eigenvalue weighted by atomic mass is 32.1. The van der Waals surface area contributed by atoms with E-state index >= 15 is 0 Å². The van der Waals surface area contributed by atoms with E-state index in [2.05, 4.69) is 29.4 Å². The van der Waals surface area contributed by atoms with Crippen LogP contribution < -0.4 is 15.7 Å². The van der Waals surface area contributed by atoms with Gasteiger partial charge in [-0.3, -0.25) is 10.1 Å². The van der Waals surface area contributed by atoms with Gasteiger partial charge in [0.15, 0.2) is 6.61 Å². The summed E-state index contributed by atoms with van der Waals surface area (Å²) in [4.78, 5) is 23.3. The van der Waals surface area contributed by atoms with Gasteiger partial charge in [-0.2, -0.15) is 0 Å². The molecule has 0 saturated carbocycles. The van der Waals surface area contributed by atoms with Crippen LogP contribution in [0.25, 0.3) is 11.0 Å². The number of aromatic nitrogens is 2. The zero-order valence-electron chi connectivity index (χ0n) is 14.5. The van der Waals surface area contributed by atoms with Gasteiger partial charge in [-0.1, -0.05) is 25.2 Å². The summed E-state index contributed by atoms with van der Waals surface area (Å²) in [7, 11) is 0. The summed E-state index contributed by atoms with van der Waals surface area (Å²) in [5.74, 6) is 0.477. The largest absolute Gasteiger partial charge is 0.484 e. The van der Waals surface area contributed by atoms with Crippen molar-refractivity contribution in [1.29, 1.82) is 0 Å². The summed E-state index contributed by atoms with van der Waals surface area (Å²) >= 11 is 1.38. The van der Waals surface area contributed by atoms with Gasteiger partial charge >= 0.3 is 5.63 Å². The molecule has 0 radical (unpaired) electrons. The first-order valence-corrected chi connectivity index (χ1v) is 9.20. The van der Waals surface area contributed by atoms with Gasteiger partial charge in [-0.05, 0) is 31.0 Å². The van der Waals surface area contributed by atoms with Crippen molar-refractivity contribution in [3.8, 4) is 5.75 Å². The average Bonchev–Trinajstić information content (AvgIpc) is 3.08. The van der Waals surface area contributed by atoms with Gasteiger partial charge in [-0.25, -0.2) is 4.79 Å². The summed E-state index contributed by atoms with van der Waals surface area (Å²) in [6.07, 6.45) is 1.97. The highest BCUT2D eigenvalue weighted by Crippen LogP contribution is 2.28. The van der Waals surface area contributed by atoms with E-state index in [9.17, 15) is 9.59 Å². The highest BCUT2D eigenvalue weighted by molar-refractivity contribution is 7.15. The van der Waals surface area contributed by atoms with E-state index in [-0.39, 0.29) is 12.5 Å². The maximum Gasteiger partial charge on any atom is 0.336 e. The number of ether oxygens (including phenoxy) is 1. The summed E-state index contributed by atoms with van der Waals surface area (Å²) in [6, 6.07) is 8.09. The molecule has 2 heterocycles. The molecule has 26 heavy (non-hydrogen) atoms. The van der Waals surface area contributed by atoms with Crippen LogP contribution in [0.5, 0.6) is 5.75 Å². The number of fused-ring (bicyclic) bond motifs is 1. The molecule has 0 bridgehead atoms. The van der Waals surface area contributed by atoms with Crippen LogP contribution in [0.15, 0.2) is 39.5 Å². The van der Waals surface area contributed by atoms with Crippen LogP contribution >= 0.6 is 11.3 Å². The number of anilines is 1. The van der Waals surface area contributed by atoms with Crippen LogP contribution in [-0.4, -0.2) is 22.7 Å². The van der Waals surface area contributed by atoms with E-state index in [1.807, 2.05) is 0 Å². The van der Waals surface area contributed by atoms with Gasteiger partial charge in [0.25, 0.3) is 5.91 Å². The molecule has 1 N–H and O–H groups in total. The van der Waals surface area contributed by atoms with Gasteiger partial charge in [-0.15, -0.1) is 10.2 Å². The number of hydrogen-bond acceptors (Lipinski definition) is 7. The van der Waals surface area contributed by atoms with Crippen LogP contribution in [-0.2, 0) is 4.79 Å². The Bertz CT molecular complexity index is 962. The molecule has 0 aliphatic rings. The van der Waals surface area contributed by atoms with Gasteiger partial charge in [0.2, 0.25) is 5.13 Å². The molecule has 136 valence electrons. The Hall–Kier alpha value is -2.74. The topological polar surface area (TPSA) is 94.3 Å². The lowest BCUT2D eigenvalue weighted by molar-refractivity contribution is -0.118. The predicted molar refractivity (Wildman–Crippen MR) is 99.8 cm³/mol. The van der Waals surface area contributed by atoms with E-state index in [0.29, 0.717) is 22.4 Å². The Labute approximate surface area is 154 Å². The van der Waals surface area contributed by atoms with Crippen LogP contribution in [0.3, 0.4) is 0 Å². The molecular weight excluding hydrogens is 354 g/mol.